The quantitative estimate of drug-likeness (QED) is 0.307. The van der Waals surface area contributed by atoms with Crippen LogP contribution in [0.5, 0.6) is 0 Å². The Morgan fingerprint density at radius 3 is 2.44 bits per heavy atom. The number of Topliss-reactive ketones (excluding diaryl/α,β-unsaturated/α-hetero) is 1. The van der Waals surface area contributed by atoms with Gasteiger partial charge in [0.1, 0.15) is 6.29 Å². The smallest absolute Gasteiger partial charge is 0.247 e. The number of aldehydes is 1. The SMILES string of the molecule is CC1(O)CN(CC[C@@H](CC(=O)C2=Cc3cc4c(nc3C2)CC[C@H](C(C)(C)C)C4)c2ccc(-c3ccc(=O)[nH]c3)cc2)C1.CC=O. The van der Waals surface area contributed by atoms with Crippen molar-refractivity contribution < 1.29 is 14.7 Å². The topological polar surface area (TPSA) is 103 Å². The summed E-state index contributed by atoms with van der Waals surface area (Å²) < 4.78 is 0. The molecule has 7 heteroatoms. The number of likely N-dealkylation sites (tertiary alicyclic amines) is 1. The van der Waals surface area contributed by atoms with Crippen molar-refractivity contribution in [2.75, 3.05) is 19.6 Å². The Bertz CT molecular complexity index is 1600. The number of ketones is 1. The Morgan fingerprint density at radius 2 is 1.82 bits per heavy atom. The number of aromatic amines is 1. The second kappa shape index (κ2) is 13.4. The van der Waals surface area contributed by atoms with Crippen molar-refractivity contribution in [3.63, 3.8) is 0 Å². The number of pyridine rings is 2. The van der Waals surface area contributed by atoms with E-state index in [1.165, 1.54) is 30.7 Å². The highest BCUT2D eigenvalue weighted by Gasteiger charge is 2.36. The van der Waals surface area contributed by atoms with Gasteiger partial charge in [0.2, 0.25) is 5.56 Å². The number of rotatable bonds is 8. The van der Waals surface area contributed by atoms with Gasteiger partial charge in [-0.25, -0.2) is 0 Å². The number of aliphatic hydroxyl groups is 1. The molecule has 2 aromatic heterocycles. The standard InChI is InChI=1S/C36H43N3O3.C2H4O/c1-35(2,3)30-10-11-31-28(17-30)15-27-16-29(18-32(27)38-31)33(40)19-25(13-14-39-21-36(4,42)22-39)23-5-7-24(8-6-23)26-9-12-34(41)37-20-26;1-2-3/h5-9,12,15-16,20,25,30,42H,10-11,13-14,17-19,21-22H2,1-4H3,(H,37,41);2H,1H3/t25-,30-;/m0./s1. The van der Waals surface area contributed by atoms with Crippen LogP contribution in [0.3, 0.4) is 0 Å². The number of fused-ring (bicyclic) bond motifs is 2. The van der Waals surface area contributed by atoms with Crippen LogP contribution in [0.2, 0.25) is 0 Å². The normalized spacial score (nSPS) is 19.2. The summed E-state index contributed by atoms with van der Waals surface area (Å²) in [5.74, 6) is 0.928. The van der Waals surface area contributed by atoms with E-state index in [0.29, 0.717) is 31.8 Å². The lowest BCUT2D eigenvalue weighted by Crippen LogP contribution is -2.59. The van der Waals surface area contributed by atoms with Crippen LogP contribution < -0.4 is 5.56 Å². The number of hydrogen-bond acceptors (Lipinski definition) is 6. The molecule has 2 aliphatic carbocycles. The third-order valence-corrected chi connectivity index (χ3v) is 9.62. The molecule has 7 nitrogen and oxygen atoms in total. The van der Waals surface area contributed by atoms with Crippen molar-refractivity contribution in [3.05, 3.63) is 92.7 Å². The van der Waals surface area contributed by atoms with Crippen LogP contribution in [0.4, 0.5) is 0 Å². The average Bonchev–Trinajstić information content (AvgIpc) is 3.40. The molecular formula is C38H47N3O4. The van der Waals surface area contributed by atoms with E-state index in [0.717, 1.165) is 65.6 Å². The Balaban J connectivity index is 0.00000128. The van der Waals surface area contributed by atoms with Crippen LogP contribution in [0, 0.1) is 11.3 Å². The maximum atomic E-state index is 13.8. The summed E-state index contributed by atoms with van der Waals surface area (Å²) >= 11 is 0. The molecule has 45 heavy (non-hydrogen) atoms. The zero-order valence-electron chi connectivity index (χ0n) is 27.4. The highest BCUT2D eigenvalue weighted by molar-refractivity contribution is 6.02. The fourth-order valence-corrected chi connectivity index (χ4v) is 7.02. The number of carbonyl (C=O) groups excluding carboxylic acids is 2. The Kier molecular flexibility index (Phi) is 9.71. The van der Waals surface area contributed by atoms with Gasteiger partial charge in [-0.3, -0.25) is 19.5 Å². The summed E-state index contributed by atoms with van der Waals surface area (Å²) in [6.45, 7) is 12.5. The number of allylic oxidation sites excluding steroid dienone is 1. The van der Waals surface area contributed by atoms with Crippen molar-refractivity contribution >= 4 is 18.1 Å². The molecule has 0 bridgehead atoms. The molecule has 3 aliphatic rings. The maximum absolute atomic E-state index is 13.8. The molecular weight excluding hydrogens is 562 g/mol. The van der Waals surface area contributed by atoms with Crippen LogP contribution in [-0.2, 0) is 28.9 Å². The van der Waals surface area contributed by atoms with Gasteiger partial charge in [-0.2, -0.15) is 0 Å². The molecule has 1 aliphatic heterocycles. The predicted molar refractivity (Wildman–Crippen MR) is 179 cm³/mol. The van der Waals surface area contributed by atoms with Crippen molar-refractivity contribution in [1.29, 1.82) is 0 Å². The van der Waals surface area contributed by atoms with E-state index in [2.05, 4.69) is 67.1 Å². The number of nitrogens with one attached hydrogen (secondary N) is 1. The number of aromatic nitrogens is 2. The van der Waals surface area contributed by atoms with Gasteiger partial charge in [0, 0.05) is 49.5 Å². The molecule has 0 unspecified atom stereocenters. The lowest BCUT2D eigenvalue weighted by Gasteiger charge is -2.44. The lowest BCUT2D eigenvalue weighted by atomic mass is 9.71. The van der Waals surface area contributed by atoms with Gasteiger partial charge < -0.3 is 14.9 Å². The van der Waals surface area contributed by atoms with Crippen LogP contribution >= 0.6 is 0 Å². The summed E-state index contributed by atoms with van der Waals surface area (Å²) in [6.07, 6.45) is 9.76. The minimum atomic E-state index is -0.608. The second-order valence-electron chi connectivity index (χ2n) is 14.4. The minimum Gasteiger partial charge on any atom is -0.388 e. The maximum Gasteiger partial charge on any atom is 0.247 e. The van der Waals surface area contributed by atoms with Gasteiger partial charge in [-0.05, 0) is 109 Å². The number of carbonyl (C=O) groups is 2. The minimum absolute atomic E-state index is 0.0750. The van der Waals surface area contributed by atoms with Crippen LogP contribution in [0.25, 0.3) is 17.2 Å². The van der Waals surface area contributed by atoms with Crippen LogP contribution in [0.1, 0.15) is 87.9 Å². The molecule has 0 saturated carbocycles. The van der Waals surface area contributed by atoms with Crippen molar-refractivity contribution in [2.45, 2.75) is 84.7 Å². The van der Waals surface area contributed by atoms with Crippen molar-refractivity contribution in [2.24, 2.45) is 11.3 Å². The zero-order chi connectivity index (χ0) is 32.4. The predicted octanol–water partition coefficient (Wildman–Crippen LogP) is 5.93. The van der Waals surface area contributed by atoms with Gasteiger partial charge >= 0.3 is 0 Å². The third-order valence-electron chi connectivity index (χ3n) is 9.62. The summed E-state index contributed by atoms with van der Waals surface area (Å²) in [4.78, 5) is 44.1. The molecule has 6 rings (SSSR count). The van der Waals surface area contributed by atoms with E-state index < -0.39 is 5.60 Å². The van der Waals surface area contributed by atoms with Gasteiger partial charge in [0.05, 0.1) is 11.3 Å². The molecule has 3 heterocycles. The van der Waals surface area contributed by atoms with Crippen molar-refractivity contribution in [1.82, 2.24) is 14.9 Å². The number of hydrogen-bond donors (Lipinski definition) is 2. The first-order valence-corrected chi connectivity index (χ1v) is 16.2. The number of benzene rings is 1. The second-order valence-corrected chi connectivity index (χ2v) is 14.4. The highest BCUT2D eigenvalue weighted by atomic mass is 16.3. The lowest BCUT2D eigenvalue weighted by molar-refractivity contribution is -0.116. The summed E-state index contributed by atoms with van der Waals surface area (Å²) in [6, 6.07) is 14.0. The summed E-state index contributed by atoms with van der Waals surface area (Å²) in [5, 5.41) is 10.2. The molecule has 2 N–H and O–H groups in total. The Morgan fingerprint density at radius 1 is 1.13 bits per heavy atom. The van der Waals surface area contributed by atoms with Crippen LogP contribution in [-0.4, -0.2) is 57.3 Å². The first-order chi connectivity index (χ1) is 21.3. The molecule has 1 aromatic carbocycles. The van der Waals surface area contributed by atoms with Gasteiger partial charge in [0.25, 0.3) is 0 Å². The molecule has 2 atom stereocenters. The molecule has 0 spiro atoms. The van der Waals surface area contributed by atoms with E-state index >= 15 is 0 Å². The summed E-state index contributed by atoms with van der Waals surface area (Å²) in [7, 11) is 0. The first-order valence-electron chi connectivity index (χ1n) is 16.2. The fourth-order valence-electron chi connectivity index (χ4n) is 7.02. The van der Waals surface area contributed by atoms with Crippen LogP contribution in [0.15, 0.2) is 59.0 Å². The van der Waals surface area contributed by atoms with Gasteiger partial charge in [-0.15, -0.1) is 0 Å². The average molecular weight is 610 g/mol. The van der Waals surface area contributed by atoms with E-state index in [9.17, 15) is 14.7 Å². The number of aryl methyl sites for hydroxylation is 1. The van der Waals surface area contributed by atoms with E-state index in [4.69, 9.17) is 9.78 Å². The molecule has 1 fully saturated rings. The van der Waals surface area contributed by atoms with Crippen molar-refractivity contribution in [3.8, 4) is 11.1 Å². The van der Waals surface area contributed by atoms with Gasteiger partial charge in [-0.1, -0.05) is 45.0 Å². The molecule has 238 valence electrons. The Hall–Kier alpha value is -3.68. The number of H-pyrrole nitrogens is 1. The zero-order valence-corrected chi connectivity index (χ0v) is 27.4. The first kappa shape index (κ1) is 32.7. The highest BCUT2D eigenvalue weighted by Crippen LogP contribution is 2.39. The molecule has 3 aromatic rings. The monoisotopic (exact) mass is 609 g/mol. The van der Waals surface area contributed by atoms with E-state index in [-0.39, 0.29) is 22.7 Å². The van der Waals surface area contributed by atoms with E-state index in [1.54, 1.807) is 6.20 Å². The number of nitrogens with zero attached hydrogens (tertiary/aromatic N) is 2. The summed E-state index contributed by atoms with van der Waals surface area (Å²) in [5.41, 5.74) is 8.30. The largest absolute Gasteiger partial charge is 0.388 e. The third kappa shape index (κ3) is 7.95. The van der Waals surface area contributed by atoms with Gasteiger partial charge in [0.15, 0.2) is 5.78 Å². The molecule has 0 radical (unpaired) electrons. The fraction of sp³-hybridized carbons (Fsp3) is 0.474. The Labute approximate surface area is 266 Å². The van der Waals surface area contributed by atoms with E-state index in [1.807, 2.05) is 13.0 Å². The number of β-amino-alcohol motifs (C(OH)–C–C–N with tert-alkyl or cyclic N) is 1. The molecule has 1 saturated heterocycles. The molecule has 0 amide bonds.